The SMILES string of the molecule is Cc1ccc([C@H](c2sc3ncnn3c2O)N2CCN(C(c3ccccc3)c3ccccc3)CC2)cc1. The molecule has 1 aliphatic heterocycles. The molecule has 0 spiro atoms. The summed E-state index contributed by atoms with van der Waals surface area (Å²) in [5, 5.41) is 15.3. The van der Waals surface area contributed by atoms with E-state index in [1.807, 2.05) is 0 Å². The summed E-state index contributed by atoms with van der Waals surface area (Å²) in [5.74, 6) is 0.187. The van der Waals surface area contributed by atoms with Gasteiger partial charge in [0.2, 0.25) is 10.8 Å². The zero-order chi connectivity index (χ0) is 24.5. The summed E-state index contributed by atoms with van der Waals surface area (Å²) >= 11 is 1.52. The Balaban J connectivity index is 1.31. The average Bonchev–Trinajstić information content (AvgIpc) is 3.51. The van der Waals surface area contributed by atoms with Crippen LogP contribution in [0.25, 0.3) is 4.96 Å². The summed E-state index contributed by atoms with van der Waals surface area (Å²) in [6.45, 7) is 5.74. The van der Waals surface area contributed by atoms with Crippen molar-refractivity contribution in [3.63, 3.8) is 0 Å². The lowest BCUT2D eigenvalue weighted by Crippen LogP contribution is -2.49. The topological polar surface area (TPSA) is 56.9 Å². The van der Waals surface area contributed by atoms with Crippen LogP contribution >= 0.6 is 11.3 Å². The van der Waals surface area contributed by atoms with Crippen molar-refractivity contribution in [2.75, 3.05) is 26.2 Å². The Morgan fingerprint density at radius 3 is 1.81 bits per heavy atom. The maximum atomic E-state index is 11.1. The van der Waals surface area contributed by atoms with Gasteiger partial charge in [-0.05, 0) is 23.6 Å². The Hall–Kier alpha value is -3.52. The van der Waals surface area contributed by atoms with Gasteiger partial charge in [0, 0.05) is 26.2 Å². The van der Waals surface area contributed by atoms with Gasteiger partial charge in [0.25, 0.3) is 0 Å². The van der Waals surface area contributed by atoms with E-state index in [9.17, 15) is 5.11 Å². The summed E-state index contributed by atoms with van der Waals surface area (Å²) in [6.07, 6.45) is 1.49. The van der Waals surface area contributed by atoms with Gasteiger partial charge in [-0.3, -0.25) is 9.80 Å². The van der Waals surface area contributed by atoms with E-state index in [0.29, 0.717) is 4.96 Å². The van der Waals surface area contributed by atoms with E-state index >= 15 is 0 Å². The summed E-state index contributed by atoms with van der Waals surface area (Å²) in [7, 11) is 0. The second-order valence-electron chi connectivity index (χ2n) is 9.35. The number of thiazole rings is 1. The number of aromatic nitrogens is 3. The third-order valence-corrected chi connectivity index (χ3v) is 8.18. The first-order valence-corrected chi connectivity index (χ1v) is 13.2. The van der Waals surface area contributed by atoms with E-state index in [2.05, 4.69) is 112 Å². The first-order chi connectivity index (χ1) is 17.7. The molecule has 0 amide bonds. The van der Waals surface area contributed by atoms with Gasteiger partial charge in [-0.15, -0.1) is 0 Å². The smallest absolute Gasteiger partial charge is 0.230 e. The van der Waals surface area contributed by atoms with Gasteiger partial charge in [-0.1, -0.05) is 102 Å². The predicted octanol–water partition coefficient (Wildman–Crippen LogP) is 5.30. The lowest BCUT2D eigenvalue weighted by atomic mass is 9.96. The summed E-state index contributed by atoms with van der Waals surface area (Å²) < 4.78 is 1.54. The molecular formula is C29H29N5OS. The summed E-state index contributed by atoms with van der Waals surface area (Å²) in [4.78, 5) is 11.0. The van der Waals surface area contributed by atoms with Crippen molar-refractivity contribution in [3.8, 4) is 5.88 Å². The zero-order valence-electron chi connectivity index (χ0n) is 20.2. The van der Waals surface area contributed by atoms with E-state index < -0.39 is 0 Å². The van der Waals surface area contributed by atoms with E-state index in [-0.39, 0.29) is 18.0 Å². The van der Waals surface area contributed by atoms with Crippen molar-refractivity contribution < 1.29 is 5.11 Å². The fourth-order valence-electron chi connectivity index (χ4n) is 5.29. The van der Waals surface area contributed by atoms with Crippen molar-refractivity contribution in [1.82, 2.24) is 24.4 Å². The molecule has 0 unspecified atom stereocenters. The molecule has 3 aromatic carbocycles. The molecule has 0 saturated carbocycles. The van der Waals surface area contributed by atoms with Gasteiger partial charge in [0.05, 0.1) is 17.0 Å². The first-order valence-electron chi connectivity index (χ1n) is 12.3. The van der Waals surface area contributed by atoms with Crippen molar-refractivity contribution in [3.05, 3.63) is 118 Å². The third kappa shape index (κ3) is 4.30. The standard InChI is InChI=1S/C29H29N5OS/c1-21-12-14-24(15-13-21)26(27-28(35)34-29(36-27)30-20-31-34)33-18-16-32(17-19-33)25(22-8-4-2-5-9-22)23-10-6-3-7-11-23/h2-15,20,25-26,35H,16-19H2,1H3/t26-/m1/s1. The molecule has 182 valence electrons. The van der Waals surface area contributed by atoms with Gasteiger partial charge in [-0.25, -0.2) is 4.98 Å². The number of aromatic hydroxyl groups is 1. The Kier molecular flexibility index (Phi) is 6.27. The van der Waals surface area contributed by atoms with Crippen LogP contribution in [0.1, 0.15) is 39.2 Å². The molecule has 6 nitrogen and oxygen atoms in total. The second kappa shape index (κ2) is 9.85. The Morgan fingerprint density at radius 1 is 0.722 bits per heavy atom. The van der Waals surface area contributed by atoms with Crippen molar-refractivity contribution >= 4 is 16.3 Å². The number of rotatable bonds is 6. The summed E-state index contributed by atoms with van der Waals surface area (Å²) in [5.41, 5.74) is 5.03. The van der Waals surface area contributed by atoms with Crippen LogP contribution in [0.2, 0.25) is 0 Å². The van der Waals surface area contributed by atoms with Crippen LogP contribution in [0.15, 0.2) is 91.3 Å². The molecule has 7 heteroatoms. The molecule has 0 bridgehead atoms. The number of fused-ring (bicyclic) bond motifs is 1. The third-order valence-electron chi connectivity index (χ3n) is 7.09. The van der Waals surface area contributed by atoms with Crippen molar-refractivity contribution in [2.24, 2.45) is 0 Å². The lowest BCUT2D eigenvalue weighted by Gasteiger charge is -2.42. The highest BCUT2D eigenvalue weighted by Gasteiger charge is 2.33. The van der Waals surface area contributed by atoms with E-state index in [1.54, 1.807) is 0 Å². The van der Waals surface area contributed by atoms with Gasteiger partial charge >= 0.3 is 0 Å². The molecule has 1 aliphatic rings. The van der Waals surface area contributed by atoms with Gasteiger partial charge in [-0.2, -0.15) is 9.61 Å². The lowest BCUT2D eigenvalue weighted by molar-refractivity contribution is 0.0899. The van der Waals surface area contributed by atoms with Gasteiger partial charge < -0.3 is 5.11 Å². The highest BCUT2D eigenvalue weighted by molar-refractivity contribution is 7.17. The van der Waals surface area contributed by atoms with Crippen LogP contribution < -0.4 is 0 Å². The number of benzene rings is 3. The Bertz CT molecular complexity index is 1380. The predicted molar refractivity (Wildman–Crippen MR) is 143 cm³/mol. The maximum Gasteiger partial charge on any atom is 0.230 e. The molecular weight excluding hydrogens is 466 g/mol. The molecule has 1 saturated heterocycles. The molecule has 0 aliphatic carbocycles. The van der Waals surface area contributed by atoms with E-state index in [0.717, 1.165) is 31.1 Å². The molecule has 36 heavy (non-hydrogen) atoms. The number of hydrogen-bond donors (Lipinski definition) is 1. The number of nitrogens with zero attached hydrogens (tertiary/aromatic N) is 5. The normalized spacial score (nSPS) is 16.1. The van der Waals surface area contributed by atoms with E-state index in [4.69, 9.17) is 0 Å². The van der Waals surface area contributed by atoms with E-state index in [1.165, 1.54) is 44.4 Å². The maximum absolute atomic E-state index is 11.1. The van der Waals surface area contributed by atoms with Crippen molar-refractivity contribution in [2.45, 2.75) is 19.0 Å². The van der Waals surface area contributed by atoms with Gasteiger partial charge in [0.1, 0.15) is 6.33 Å². The molecule has 1 atom stereocenters. The summed E-state index contributed by atoms with van der Waals surface area (Å²) in [6, 6.07) is 30.4. The first kappa shape index (κ1) is 22.9. The second-order valence-corrected chi connectivity index (χ2v) is 10.4. The minimum Gasteiger partial charge on any atom is -0.492 e. The van der Waals surface area contributed by atoms with Crippen LogP contribution in [0.5, 0.6) is 5.88 Å². The van der Waals surface area contributed by atoms with Gasteiger partial charge in [0.15, 0.2) is 0 Å². The molecule has 2 aromatic heterocycles. The molecule has 3 heterocycles. The molecule has 1 N–H and O–H groups in total. The Morgan fingerprint density at radius 2 is 1.25 bits per heavy atom. The highest BCUT2D eigenvalue weighted by atomic mass is 32.1. The number of piperazine rings is 1. The van der Waals surface area contributed by atoms with Crippen LogP contribution in [0, 0.1) is 6.92 Å². The molecule has 0 radical (unpaired) electrons. The number of hydrogen-bond acceptors (Lipinski definition) is 6. The number of aryl methyl sites for hydroxylation is 1. The van der Waals surface area contributed by atoms with Crippen LogP contribution in [-0.2, 0) is 0 Å². The minimum absolute atomic E-state index is 0.0480. The largest absolute Gasteiger partial charge is 0.492 e. The van der Waals surface area contributed by atoms with Crippen molar-refractivity contribution in [1.29, 1.82) is 0 Å². The fourth-order valence-corrected chi connectivity index (χ4v) is 6.38. The quantitative estimate of drug-likeness (QED) is 0.346. The molecule has 6 rings (SSSR count). The molecule has 1 fully saturated rings. The zero-order valence-corrected chi connectivity index (χ0v) is 21.1. The monoisotopic (exact) mass is 495 g/mol. The fraction of sp³-hybridized carbons (Fsp3) is 0.241. The van der Waals surface area contributed by atoms with Crippen LogP contribution in [0.3, 0.4) is 0 Å². The molecule has 5 aromatic rings. The van der Waals surface area contributed by atoms with Crippen LogP contribution in [-0.4, -0.2) is 55.7 Å². The Labute approximate surface area is 215 Å². The highest BCUT2D eigenvalue weighted by Crippen LogP contribution is 2.40. The van der Waals surface area contributed by atoms with Crippen LogP contribution in [0.4, 0.5) is 0 Å². The average molecular weight is 496 g/mol. The minimum atomic E-state index is -0.0480.